The third kappa shape index (κ3) is 4.03. The van der Waals surface area contributed by atoms with Gasteiger partial charge >= 0.3 is 0 Å². The number of nitrogens with zero attached hydrogens (tertiary/aromatic N) is 1. The van der Waals surface area contributed by atoms with Crippen molar-refractivity contribution in [2.24, 2.45) is 0 Å². The first-order chi connectivity index (χ1) is 12.6. The topological polar surface area (TPSA) is 60.5 Å². The molecule has 1 amide bonds. The van der Waals surface area contributed by atoms with Crippen LogP contribution >= 0.6 is 11.3 Å². The second kappa shape index (κ2) is 8.01. The highest BCUT2D eigenvalue weighted by atomic mass is 32.1. The monoisotopic (exact) mass is 368 g/mol. The summed E-state index contributed by atoms with van der Waals surface area (Å²) in [5.41, 5.74) is 3.00. The van der Waals surface area contributed by atoms with Gasteiger partial charge in [-0.15, -0.1) is 0 Å². The minimum Gasteiger partial charge on any atom is -0.493 e. The van der Waals surface area contributed by atoms with Crippen LogP contribution in [0.5, 0.6) is 11.5 Å². The molecule has 6 heteroatoms. The zero-order valence-electron chi connectivity index (χ0n) is 14.9. The number of rotatable bonds is 6. The average Bonchev–Trinajstić information content (AvgIpc) is 3.04. The van der Waals surface area contributed by atoms with Gasteiger partial charge in [-0.1, -0.05) is 41.7 Å². The summed E-state index contributed by atoms with van der Waals surface area (Å²) in [6.45, 7) is 3.83. The Bertz CT molecular complexity index is 963. The predicted octanol–water partition coefficient (Wildman–Crippen LogP) is 4.66. The predicted molar refractivity (Wildman–Crippen MR) is 106 cm³/mol. The number of aryl methyl sites for hydroxylation is 1. The Morgan fingerprint density at radius 2 is 2.12 bits per heavy atom. The number of amides is 1. The van der Waals surface area contributed by atoms with Crippen LogP contribution in [0.1, 0.15) is 18.1 Å². The molecule has 3 aromatic rings. The van der Waals surface area contributed by atoms with Gasteiger partial charge in [-0.25, -0.2) is 4.98 Å². The van der Waals surface area contributed by atoms with Gasteiger partial charge in [-0.2, -0.15) is 0 Å². The zero-order valence-corrected chi connectivity index (χ0v) is 15.7. The second-order valence-electron chi connectivity index (χ2n) is 5.69. The standard InChI is InChI=1S/C20H20N2O3S/c1-4-6-14-9-10-15(16(11-14)24-3)25-12-18(23)21-20-22-19-13(2)7-5-8-17(19)26-20/h4-11H,12H2,1-3H3,(H,21,22,23)/b6-4+. The van der Waals surface area contributed by atoms with Crippen LogP contribution in [0.2, 0.25) is 0 Å². The zero-order chi connectivity index (χ0) is 18.5. The number of fused-ring (bicyclic) bond motifs is 1. The summed E-state index contributed by atoms with van der Waals surface area (Å²) in [6.07, 6.45) is 3.91. The maximum absolute atomic E-state index is 12.2. The van der Waals surface area contributed by atoms with Crippen LogP contribution in [-0.2, 0) is 4.79 Å². The lowest BCUT2D eigenvalue weighted by molar-refractivity contribution is -0.118. The average molecular weight is 368 g/mol. The molecule has 0 unspecified atom stereocenters. The molecule has 134 valence electrons. The number of nitrogens with one attached hydrogen (secondary N) is 1. The van der Waals surface area contributed by atoms with Crippen LogP contribution in [-0.4, -0.2) is 24.6 Å². The van der Waals surface area contributed by atoms with Crippen molar-refractivity contribution >= 4 is 38.7 Å². The molecule has 0 spiro atoms. The Balaban J connectivity index is 1.65. The van der Waals surface area contributed by atoms with Gasteiger partial charge in [0.05, 0.1) is 17.3 Å². The number of anilines is 1. The molecule has 1 N–H and O–H groups in total. The molecule has 0 saturated carbocycles. The number of hydrogen-bond donors (Lipinski definition) is 1. The van der Waals surface area contributed by atoms with Crippen molar-refractivity contribution in [1.82, 2.24) is 4.98 Å². The van der Waals surface area contributed by atoms with Crippen LogP contribution in [0.3, 0.4) is 0 Å². The van der Waals surface area contributed by atoms with Gasteiger partial charge in [0, 0.05) is 0 Å². The van der Waals surface area contributed by atoms with Crippen LogP contribution in [0, 0.1) is 6.92 Å². The molecule has 5 nitrogen and oxygen atoms in total. The first-order valence-corrected chi connectivity index (χ1v) is 9.02. The number of thiazole rings is 1. The number of ether oxygens (including phenoxy) is 2. The molecule has 0 fully saturated rings. The Morgan fingerprint density at radius 1 is 1.27 bits per heavy atom. The number of carbonyl (C=O) groups is 1. The van der Waals surface area contributed by atoms with E-state index in [0.29, 0.717) is 16.6 Å². The molecule has 0 aliphatic carbocycles. The minimum atomic E-state index is -0.263. The van der Waals surface area contributed by atoms with E-state index in [1.54, 1.807) is 13.2 Å². The summed E-state index contributed by atoms with van der Waals surface area (Å²) in [5, 5.41) is 3.36. The number of allylic oxidation sites excluding steroid dienone is 1. The number of hydrogen-bond acceptors (Lipinski definition) is 5. The van der Waals surface area contributed by atoms with E-state index in [9.17, 15) is 4.79 Å². The fourth-order valence-electron chi connectivity index (χ4n) is 2.54. The summed E-state index contributed by atoms with van der Waals surface area (Å²) in [5.74, 6) is 0.848. The lowest BCUT2D eigenvalue weighted by Crippen LogP contribution is -2.20. The van der Waals surface area contributed by atoms with Crippen molar-refractivity contribution in [2.75, 3.05) is 19.0 Å². The Hall–Kier alpha value is -2.86. The van der Waals surface area contributed by atoms with Gasteiger partial charge in [0.2, 0.25) is 0 Å². The summed E-state index contributed by atoms with van der Waals surface area (Å²) in [4.78, 5) is 16.7. The summed E-state index contributed by atoms with van der Waals surface area (Å²) >= 11 is 1.45. The van der Waals surface area contributed by atoms with Crippen molar-refractivity contribution in [3.8, 4) is 11.5 Å². The van der Waals surface area contributed by atoms with Crippen LogP contribution in [0.15, 0.2) is 42.5 Å². The summed E-state index contributed by atoms with van der Waals surface area (Å²) < 4.78 is 12.0. The molecule has 0 aliphatic rings. The van der Waals surface area contributed by atoms with Gasteiger partial charge in [-0.05, 0) is 43.2 Å². The third-order valence-electron chi connectivity index (χ3n) is 3.77. The van der Waals surface area contributed by atoms with E-state index in [1.807, 2.05) is 56.3 Å². The Labute approximate surface area is 156 Å². The van der Waals surface area contributed by atoms with E-state index in [1.165, 1.54) is 11.3 Å². The smallest absolute Gasteiger partial charge is 0.264 e. The SMILES string of the molecule is C/C=C/c1ccc(OCC(=O)Nc2nc3c(C)cccc3s2)c(OC)c1. The van der Waals surface area contributed by atoms with Gasteiger partial charge in [-0.3, -0.25) is 10.1 Å². The van der Waals surface area contributed by atoms with Crippen molar-refractivity contribution in [2.45, 2.75) is 13.8 Å². The normalized spacial score (nSPS) is 11.0. The number of para-hydroxylation sites is 1. The lowest BCUT2D eigenvalue weighted by Gasteiger charge is -2.11. The molecule has 26 heavy (non-hydrogen) atoms. The van der Waals surface area contributed by atoms with Crippen LogP contribution < -0.4 is 14.8 Å². The van der Waals surface area contributed by atoms with E-state index in [-0.39, 0.29) is 12.5 Å². The van der Waals surface area contributed by atoms with Crippen LogP contribution in [0.25, 0.3) is 16.3 Å². The maximum Gasteiger partial charge on any atom is 0.264 e. The molecule has 2 aromatic carbocycles. The molecular weight excluding hydrogens is 348 g/mol. The molecule has 0 radical (unpaired) electrons. The van der Waals surface area contributed by atoms with E-state index < -0.39 is 0 Å². The molecule has 0 bridgehead atoms. The first kappa shape index (κ1) is 17.9. The largest absolute Gasteiger partial charge is 0.493 e. The van der Waals surface area contributed by atoms with E-state index in [2.05, 4.69) is 10.3 Å². The summed E-state index contributed by atoms with van der Waals surface area (Å²) in [6, 6.07) is 11.5. The fourth-order valence-corrected chi connectivity index (χ4v) is 3.50. The van der Waals surface area contributed by atoms with Crippen molar-refractivity contribution in [1.29, 1.82) is 0 Å². The van der Waals surface area contributed by atoms with E-state index >= 15 is 0 Å². The molecule has 3 rings (SSSR count). The minimum absolute atomic E-state index is 0.117. The maximum atomic E-state index is 12.2. The number of methoxy groups -OCH3 is 1. The lowest BCUT2D eigenvalue weighted by atomic mass is 10.2. The third-order valence-corrected chi connectivity index (χ3v) is 4.71. The van der Waals surface area contributed by atoms with Crippen molar-refractivity contribution in [3.05, 3.63) is 53.6 Å². The second-order valence-corrected chi connectivity index (χ2v) is 6.72. The highest BCUT2D eigenvalue weighted by Gasteiger charge is 2.11. The van der Waals surface area contributed by atoms with Gasteiger partial charge < -0.3 is 9.47 Å². The van der Waals surface area contributed by atoms with Gasteiger partial charge in [0.25, 0.3) is 5.91 Å². The number of benzene rings is 2. The molecule has 0 atom stereocenters. The summed E-state index contributed by atoms with van der Waals surface area (Å²) in [7, 11) is 1.57. The quantitative estimate of drug-likeness (QED) is 0.687. The Morgan fingerprint density at radius 3 is 2.85 bits per heavy atom. The molecule has 1 aromatic heterocycles. The number of carbonyl (C=O) groups excluding carboxylic acids is 1. The van der Waals surface area contributed by atoms with Crippen molar-refractivity contribution < 1.29 is 14.3 Å². The van der Waals surface area contributed by atoms with Gasteiger partial charge in [0.15, 0.2) is 23.2 Å². The number of aromatic nitrogens is 1. The fraction of sp³-hybridized carbons (Fsp3) is 0.200. The van der Waals surface area contributed by atoms with E-state index in [4.69, 9.17) is 9.47 Å². The van der Waals surface area contributed by atoms with Gasteiger partial charge in [0.1, 0.15) is 0 Å². The molecule has 1 heterocycles. The highest BCUT2D eigenvalue weighted by Crippen LogP contribution is 2.29. The van der Waals surface area contributed by atoms with Crippen molar-refractivity contribution in [3.63, 3.8) is 0 Å². The first-order valence-electron chi connectivity index (χ1n) is 8.20. The Kier molecular flexibility index (Phi) is 5.53. The molecular formula is C20H20N2O3S. The molecule has 0 aliphatic heterocycles. The molecule has 0 saturated heterocycles. The van der Waals surface area contributed by atoms with Crippen LogP contribution in [0.4, 0.5) is 5.13 Å². The van der Waals surface area contributed by atoms with E-state index in [0.717, 1.165) is 21.3 Å². The highest BCUT2D eigenvalue weighted by molar-refractivity contribution is 7.22.